The van der Waals surface area contributed by atoms with E-state index in [1.54, 1.807) is 4.90 Å². The Morgan fingerprint density at radius 2 is 2.25 bits per heavy atom. The molecule has 1 aromatic rings. The van der Waals surface area contributed by atoms with Gasteiger partial charge in [-0.3, -0.25) is 0 Å². The highest BCUT2D eigenvalue weighted by atomic mass is 35.5. The first-order valence-electron chi connectivity index (χ1n) is 6.64. The Bertz CT molecular complexity index is 483. The Balaban J connectivity index is 1.95. The molecule has 6 heteroatoms. The minimum absolute atomic E-state index is 0.00891. The summed E-state index contributed by atoms with van der Waals surface area (Å²) in [7, 11) is 0. The highest BCUT2D eigenvalue weighted by molar-refractivity contribution is 7.14. The summed E-state index contributed by atoms with van der Waals surface area (Å²) in [4.78, 5) is 13.6. The van der Waals surface area contributed by atoms with Gasteiger partial charge in [0.15, 0.2) is 0 Å². The van der Waals surface area contributed by atoms with Crippen LogP contribution in [0.25, 0.3) is 0 Å². The molecular weight excluding hydrogens is 298 g/mol. The van der Waals surface area contributed by atoms with Crippen molar-refractivity contribution in [3.05, 3.63) is 21.3 Å². The van der Waals surface area contributed by atoms with Crippen molar-refractivity contribution in [3.8, 4) is 0 Å². The van der Waals surface area contributed by atoms with Gasteiger partial charge in [0.1, 0.15) is 5.60 Å². The molecule has 1 fully saturated rings. The lowest BCUT2D eigenvalue weighted by molar-refractivity contribution is 0.0270. The number of carbonyl (C=O) groups excluding carboxylic acids is 1. The molecule has 2 unspecified atom stereocenters. The monoisotopic (exact) mass is 317 g/mol. The minimum Gasteiger partial charge on any atom is -0.444 e. The summed E-state index contributed by atoms with van der Waals surface area (Å²) in [6, 6.07) is 1.97. The second-order valence-corrected chi connectivity index (χ2v) is 7.65. The Hall–Kier alpha value is -0.780. The van der Waals surface area contributed by atoms with Crippen molar-refractivity contribution >= 4 is 29.0 Å². The molecule has 112 valence electrons. The van der Waals surface area contributed by atoms with Gasteiger partial charge in [0.25, 0.3) is 0 Å². The average molecular weight is 318 g/mol. The molecule has 0 aromatic carbocycles. The number of hydrogen-bond donors (Lipinski definition) is 1. The van der Waals surface area contributed by atoms with Gasteiger partial charge in [-0.25, -0.2) is 4.79 Å². The van der Waals surface area contributed by atoms with Gasteiger partial charge in [0, 0.05) is 12.5 Å². The molecule has 1 saturated heterocycles. The van der Waals surface area contributed by atoms with Crippen LogP contribution in [0.1, 0.15) is 26.3 Å². The molecule has 1 N–H and O–H groups in total. The van der Waals surface area contributed by atoms with Crippen LogP contribution in [0.15, 0.2) is 11.4 Å². The number of β-amino-alcohol motifs (C(OH)–C–C–N with tert-alkyl or cyclic N) is 1. The number of ether oxygens (including phenoxy) is 1. The van der Waals surface area contributed by atoms with Crippen molar-refractivity contribution in [2.45, 2.75) is 38.9 Å². The predicted molar refractivity (Wildman–Crippen MR) is 80.3 cm³/mol. The maximum atomic E-state index is 12.0. The topological polar surface area (TPSA) is 49.8 Å². The Morgan fingerprint density at radius 1 is 1.55 bits per heavy atom. The number of thiophene rings is 1. The zero-order chi connectivity index (χ0) is 14.9. The van der Waals surface area contributed by atoms with Crippen LogP contribution in [-0.2, 0) is 11.2 Å². The third-order valence-corrected chi connectivity index (χ3v) is 4.48. The van der Waals surface area contributed by atoms with Gasteiger partial charge in [-0.2, -0.15) is 0 Å². The Morgan fingerprint density at radius 3 is 2.80 bits per heavy atom. The molecule has 1 aromatic heterocycles. The molecule has 2 rings (SSSR count). The number of likely N-dealkylation sites (tertiary alicyclic amines) is 1. The molecule has 0 aliphatic carbocycles. The van der Waals surface area contributed by atoms with Crippen LogP contribution < -0.4 is 0 Å². The van der Waals surface area contributed by atoms with Crippen molar-refractivity contribution in [2.24, 2.45) is 5.92 Å². The van der Waals surface area contributed by atoms with Crippen molar-refractivity contribution < 1.29 is 14.6 Å². The molecule has 4 nitrogen and oxygen atoms in total. The number of carbonyl (C=O) groups is 1. The summed E-state index contributed by atoms with van der Waals surface area (Å²) in [6.07, 6.45) is -0.211. The summed E-state index contributed by atoms with van der Waals surface area (Å²) >= 11 is 7.57. The average Bonchev–Trinajstić information content (AvgIpc) is 2.86. The third-order valence-electron chi connectivity index (χ3n) is 3.23. The van der Waals surface area contributed by atoms with Crippen molar-refractivity contribution in [2.75, 3.05) is 13.1 Å². The SMILES string of the molecule is CC(C)(C)OC(=O)N1CC(O)C(Cc2ccsc2Cl)C1. The molecule has 1 aliphatic rings. The van der Waals surface area contributed by atoms with E-state index in [4.69, 9.17) is 16.3 Å². The first-order valence-corrected chi connectivity index (χ1v) is 7.90. The summed E-state index contributed by atoms with van der Waals surface area (Å²) in [5.74, 6) is 0.00891. The van der Waals surface area contributed by atoms with E-state index in [1.807, 2.05) is 32.2 Å². The van der Waals surface area contributed by atoms with Gasteiger partial charge >= 0.3 is 6.09 Å². The Kier molecular flexibility index (Phi) is 4.62. The molecular formula is C14H20ClNO3S. The molecule has 20 heavy (non-hydrogen) atoms. The lowest BCUT2D eigenvalue weighted by Gasteiger charge is -2.24. The zero-order valence-corrected chi connectivity index (χ0v) is 13.5. The predicted octanol–water partition coefficient (Wildman–Crippen LogP) is 3.17. The smallest absolute Gasteiger partial charge is 0.410 e. The van der Waals surface area contributed by atoms with E-state index < -0.39 is 11.7 Å². The standard InChI is InChI=1S/C14H20ClNO3S/c1-14(2,3)19-13(18)16-7-10(11(17)8-16)6-9-4-5-20-12(9)15/h4-5,10-11,17H,6-8H2,1-3H3. The molecule has 2 heterocycles. The van der Waals surface area contributed by atoms with Gasteiger partial charge in [-0.05, 0) is 44.2 Å². The number of aliphatic hydroxyl groups excluding tert-OH is 1. The van der Waals surface area contributed by atoms with Crippen LogP contribution in [0, 0.1) is 5.92 Å². The van der Waals surface area contributed by atoms with Gasteiger partial charge in [-0.1, -0.05) is 11.6 Å². The quantitative estimate of drug-likeness (QED) is 0.911. The summed E-state index contributed by atoms with van der Waals surface area (Å²) in [5, 5.41) is 12.0. The van der Waals surface area contributed by atoms with Gasteiger partial charge in [-0.15, -0.1) is 11.3 Å². The molecule has 1 aliphatic heterocycles. The normalized spacial score (nSPS) is 23.1. The fraction of sp³-hybridized carbons (Fsp3) is 0.643. The molecule has 0 spiro atoms. The van der Waals surface area contributed by atoms with Gasteiger partial charge < -0.3 is 14.7 Å². The summed E-state index contributed by atoms with van der Waals surface area (Å²) < 4.78 is 6.09. The maximum absolute atomic E-state index is 12.0. The van der Waals surface area contributed by atoms with E-state index in [-0.39, 0.29) is 12.0 Å². The van der Waals surface area contributed by atoms with E-state index in [0.29, 0.717) is 19.5 Å². The number of hydrogen-bond acceptors (Lipinski definition) is 4. The highest BCUT2D eigenvalue weighted by Gasteiger charge is 2.36. The fourth-order valence-electron chi connectivity index (χ4n) is 2.28. The number of amides is 1. The van der Waals surface area contributed by atoms with Crippen LogP contribution in [0.4, 0.5) is 4.79 Å². The first kappa shape index (κ1) is 15.6. The highest BCUT2D eigenvalue weighted by Crippen LogP contribution is 2.29. The second-order valence-electron chi connectivity index (χ2n) is 6.14. The van der Waals surface area contributed by atoms with Crippen molar-refractivity contribution in [1.29, 1.82) is 0 Å². The molecule has 1 amide bonds. The van der Waals surface area contributed by atoms with E-state index in [2.05, 4.69) is 0 Å². The number of halogens is 1. The summed E-state index contributed by atoms with van der Waals surface area (Å²) in [6.45, 7) is 6.32. The maximum Gasteiger partial charge on any atom is 0.410 e. The van der Waals surface area contributed by atoms with Crippen LogP contribution in [-0.4, -0.2) is 40.9 Å². The lowest BCUT2D eigenvalue weighted by Crippen LogP contribution is -2.35. The first-order chi connectivity index (χ1) is 9.26. The molecule has 0 radical (unpaired) electrons. The van der Waals surface area contributed by atoms with Gasteiger partial charge in [0.2, 0.25) is 0 Å². The van der Waals surface area contributed by atoms with Crippen LogP contribution >= 0.6 is 22.9 Å². The minimum atomic E-state index is -0.529. The number of rotatable bonds is 2. The van der Waals surface area contributed by atoms with Crippen LogP contribution in [0.2, 0.25) is 4.34 Å². The summed E-state index contributed by atoms with van der Waals surface area (Å²) in [5.41, 5.74) is 0.517. The van der Waals surface area contributed by atoms with Crippen LogP contribution in [0.3, 0.4) is 0 Å². The van der Waals surface area contributed by atoms with E-state index in [0.717, 1.165) is 9.90 Å². The lowest BCUT2D eigenvalue weighted by atomic mass is 9.98. The Labute approximate surface area is 128 Å². The largest absolute Gasteiger partial charge is 0.444 e. The van der Waals surface area contributed by atoms with E-state index in [1.165, 1.54) is 11.3 Å². The van der Waals surface area contributed by atoms with Gasteiger partial charge in [0.05, 0.1) is 17.0 Å². The fourth-order valence-corrected chi connectivity index (χ4v) is 3.23. The molecule has 2 atom stereocenters. The van der Waals surface area contributed by atoms with Crippen LogP contribution in [0.5, 0.6) is 0 Å². The zero-order valence-electron chi connectivity index (χ0n) is 11.9. The van der Waals surface area contributed by atoms with Crippen molar-refractivity contribution in [1.82, 2.24) is 4.90 Å². The van der Waals surface area contributed by atoms with Crippen molar-refractivity contribution in [3.63, 3.8) is 0 Å². The third kappa shape index (κ3) is 3.87. The molecule has 0 bridgehead atoms. The molecule has 0 saturated carbocycles. The number of aliphatic hydroxyl groups is 1. The van der Waals surface area contributed by atoms with E-state index >= 15 is 0 Å². The second kappa shape index (κ2) is 5.92. The van der Waals surface area contributed by atoms with E-state index in [9.17, 15) is 9.90 Å². The number of nitrogens with zero attached hydrogens (tertiary/aromatic N) is 1.